The number of hydrogen-bond acceptors (Lipinski definition) is 2. The molecule has 0 aromatic carbocycles. The third-order valence-electron chi connectivity index (χ3n) is 3.27. The number of Topliss-reactive ketones (excluding diaryl/α,β-unsaturated/α-hetero) is 1. The second-order valence-corrected chi connectivity index (χ2v) is 4.42. The molecule has 0 heterocycles. The summed E-state index contributed by atoms with van der Waals surface area (Å²) in [6.45, 7) is 2.06. The Balaban J connectivity index is 2.45. The van der Waals surface area contributed by atoms with Gasteiger partial charge in [-0.25, -0.2) is 0 Å². The molecule has 1 aliphatic carbocycles. The maximum Gasteiger partial charge on any atom is 0.303 e. The highest BCUT2D eigenvalue weighted by atomic mass is 16.4. The minimum atomic E-state index is -0.762. The number of carboxylic acid groups (broad SMARTS) is 1. The number of hydrogen-bond donors (Lipinski definition) is 1. The molecular weight excluding hydrogens is 204 g/mol. The maximum absolute atomic E-state index is 11.6. The molecule has 90 valence electrons. The van der Waals surface area contributed by atoms with Crippen LogP contribution in [0.3, 0.4) is 0 Å². The van der Waals surface area contributed by atoms with E-state index in [1.807, 2.05) is 0 Å². The van der Waals surface area contributed by atoms with E-state index in [2.05, 4.69) is 19.1 Å². The second-order valence-electron chi connectivity index (χ2n) is 4.42. The van der Waals surface area contributed by atoms with Gasteiger partial charge in [0.2, 0.25) is 0 Å². The number of carbonyl (C=O) groups is 2. The first-order valence-corrected chi connectivity index (χ1v) is 6.04. The molecule has 0 saturated heterocycles. The van der Waals surface area contributed by atoms with E-state index in [1.54, 1.807) is 0 Å². The molecule has 1 aliphatic rings. The van der Waals surface area contributed by atoms with Crippen molar-refractivity contribution in [2.75, 3.05) is 0 Å². The number of carbonyl (C=O) groups excluding carboxylic acids is 1. The molecular formula is C13H20O3. The van der Waals surface area contributed by atoms with E-state index in [4.69, 9.17) is 5.11 Å². The number of aliphatic carboxylic acids is 1. The van der Waals surface area contributed by atoms with Gasteiger partial charge in [0.05, 0.1) is 0 Å². The van der Waals surface area contributed by atoms with Crippen LogP contribution in [0.25, 0.3) is 0 Å². The number of carboxylic acids is 1. The molecule has 0 amide bonds. The Morgan fingerprint density at radius 1 is 1.50 bits per heavy atom. The van der Waals surface area contributed by atoms with Gasteiger partial charge in [0, 0.05) is 18.8 Å². The Hall–Kier alpha value is -1.12. The lowest BCUT2D eigenvalue weighted by Crippen LogP contribution is -2.15. The zero-order valence-electron chi connectivity index (χ0n) is 9.82. The fourth-order valence-electron chi connectivity index (χ4n) is 2.36. The molecule has 3 heteroatoms. The molecule has 0 bridgehead atoms. The van der Waals surface area contributed by atoms with Crippen molar-refractivity contribution in [3.63, 3.8) is 0 Å². The lowest BCUT2D eigenvalue weighted by molar-refractivity contribution is -0.137. The first-order chi connectivity index (χ1) is 7.65. The van der Waals surface area contributed by atoms with Crippen molar-refractivity contribution in [2.45, 2.75) is 45.4 Å². The van der Waals surface area contributed by atoms with E-state index >= 15 is 0 Å². The lowest BCUT2D eigenvalue weighted by atomic mass is 9.88. The first kappa shape index (κ1) is 12.9. The van der Waals surface area contributed by atoms with Crippen LogP contribution in [-0.4, -0.2) is 16.9 Å². The molecule has 3 nitrogen and oxygen atoms in total. The SMILES string of the molecule is CC/C=C\C[C@H]1C(=O)CC[C@@H]1CCC(=O)O. The van der Waals surface area contributed by atoms with Gasteiger partial charge in [0.15, 0.2) is 0 Å². The van der Waals surface area contributed by atoms with Crippen molar-refractivity contribution in [3.05, 3.63) is 12.2 Å². The average Bonchev–Trinajstić information content (AvgIpc) is 2.58. The Morgan fingerprint density at radius 3 is 2.88 bits per heavy atom. The molecule has 1 saturated carbocycles. The minimum Gasteiger partial charge on any atom is -0.481 e. The quantitative estimate of drug-likeness (QED) is 0.706. The van der Waals surface area contributed by atoms with Crippen molar-refractivity contribution in [3.8, 4) is 0 Å². The van der Waals surface area contributed by atoms with Crippen molar-refractivity contribution in [2.24, 2.45) is 11.8 Å². The number of ketones is 1. The van der Waals surface area contributed by atoms with Gasteiger partial charge in [-0.05, 0) is 31.6 Å². The molecule has 2 atom stereocenters. The molecule has 0 aliphatic heterocycles. The first-order valence-electron chi connectivity index (χ1n) is 6.04. The van der Waals surface area contributed by atoms with Crippen LogP contribution < -0.4 is 0 Å². The number of rotatable bonds is 6. The molecule has 0 unspecified atom stereocenters. The zero-order chi connectivity index (χ0) is 12.0. The van der Waals surface area contributed by atoms with Crippen LogP contribution in [0.1, 0.15) is 45.4 Å². The van der Waals surface area contributed by atoms with E-state index in [1.165, 1.54) is 0 Å². The summed E-state index contributed by atoms with van der Waals surface area (Å²) < 4.78 is 0. The van der Waals surface area contributed by atoms with E-state index < -0.39 is 5.97 Å². The lowest BCUT2D eigenvalue weighted by Gasteiger charge is -2.15. The Bertz CT molecular complexity index is 281. The molecule has 1 N–H and O–H groups in total. The summed E-state index contributed by atoms with van der Waals surface area (Å²) >= 11 is 0. The average molecular weight is 224 g/mol. The summed E-state index contributed by atoms with van der Waals surface area (Å²) in [6, 6.07) is 0. The monoisotopic (exact) mass is 224 g/mol. The van der Waals surface area contributed by atoms with Crippen LogP contribution in [0, 0.1) is 11.8 Å². The molecule has 16 heavy (non-hydrogen) atoms. The van der Waals surface area contributed by atoms with Gasteiger partial charge >= 0.3 is 5.97 Å². The minimum absolute atomic E-state index is 0.0714. The van der Waals surface area contributed by atoms with Crippen LogP contribution in [0.5, 0.6) is 0 Å². The summed E-state index contributed by atoms with van der Waals surface area (Å²) in [5, 5.41) is 8.64. The summed E-state index contributed by atoms with van der Waals surface area (Å²) in [7, 11) is 0. The third-order valence-corrected chi connectivity index (χ3v) is 3.27. The topological polar surface area (TPSA) is 54.4 Å². The Labute approximate surface area is 96.5 Å². The van der Waals surface area contributed by atoms with Crippen LogP contribution >= 0.6 is 0 Å². The van der Waals surface area contributed by atoms with E-state index in [0.29, 0.717) is 18.6 Å². The summed E-state index contributed by atoms with van der Waals surface area (Å²) in [5.74, 6) is -0.0920. The summed E-state index contributed by atoms with van der Waals surface area (Å²) in [5.41, 5.74) is 0. The van der Waals surface area contributed by atoms with Gasteiger partial charge in [0.1, 0.15) is 5.78 Å². The normalized spacial score (nSPS) is 25.4. The van der Waals surface area contributed by atoms with Crippen molar-refractivity contribution < 1.29 is 14.7 Å². The molecule has 0 spiro atoms. The zero-order valence-corrected chi connectivity index (χ0v) is 9.82. The largest absolute Gasteiger partial charge is 0.481 e. The van der Waals surface area contributed by atoms with E-state index in [0.717, 1.165) is 19.3 Å². The summed E-state index contributed by atoms with van der Waals surface area (Å²) in [4.78, 5) is 22.1. The maximum atomic E-state index is 11.6. The van der Waals surface area contributed by atoms with E-state index in [-0.39, 0.29) is 18.3 Å². The van der Waals surface area contributed by atoms with Gasteiger partial charge in [0.25, 0.3) is 0 Å². The molecule has 1 rings (SSSR count). The van der Waals surface area contributed by atoms with Crippen LogP contribution in [0.2, 0.25) is 0 Å². The van der Waals surface area contributed by atoms with Gasteiger partial charge in [-0.1, -0.05) is 19.1 Å². The van der Waals surface area contributed by atoms with Crippen molar-refractivity contribution in [1.82, 2.24) is 0 Å². The number of allylic oxidation sites excluding steroid dienone is 2. The molecule has 0 aromatic heterocycles. The smallest absolute Gasteiger partial charge is 0.303 e. The molecule has 1 fully saturated rings. The second kappa shape index (κ2) is 6.46. The van der Waals surface area contributed by atoms with Crippen LogP contribution in [-0.2, 0) is 9.59 Å². The van der Waals surface area contributed by atoms with E-state index in [9.17, 15) is 9.59 Å². The molecule has 0 radical (unpaired) electrons. The third kappa shape index (κ3) is 3.80. The van der Waals surface area contributed by atoms with Crippen LogP contribution in [0.4, 0.5) is 0 Å². The predicted molar refractivity (Wildman–Crippen MR) is 62.1 cm³/mol. The fraction of sp³-hybridized carbons (Fsp3) is 0.692. The highest BCUT2D eigenvalue weighted by Crippen LogP contribution is 2.34. The van der Waals surface area contributed by atoms with Crippen molar-refractivity contribution >= 4 is 11.8 Å². The summed E-state index contributed by atoms with van der Waals surface area (Å²) in [6.07, 6.45) is 8.24. The van der Waals surface area contributed by atoms with Gasteiger partial charge in [-0.15, -0.1) is 0 Å². The predicted octanol–water partition coefficient (Wildman–Crippen LogP) is 2.80. The van der Waals surface area contributed by atoms with Gasteiger partial charge in [-0.3, -0.25) is 9.59 Å². The van der Waals surface area contributed by atoms with Gasteiger partial charge in [-0.2, -0.15) is 0 Å². The Morgan fingerprint density at radius 2 is 2.25 bits per heavy atom. The Kier molecular flexibility index (Phi) is 5.23. The highest BCUT2D eigenvalue weighted by Gasteiger charge is 2.33. The fourth-order valence-corrected chi connectivity index (χ4v) is 2.36. The van der Waals surface area contributed by atoms with Crippen molar-refractivity contribution in [1.29, 1.82) is 0 Å². The highest BCUT2D eigenvalue weighted by molar-refractivity contribution is 5.83. The van der Waals surface area contributed by atoms with Gasteiger partial charge < -0.3 is 5.11 Å². The standard InChI is InChI=1S/C13H20O3/c1-2-3-4-5-11-10(6-8-12(11)14)7-9-13(15)16/h3-4,10-11H,2,5-9H2,1H3,(H,15,16)/b4-3-/t10-,11-/m1/s1. The van der Waals surface area contributed by atoms with Crippen LogP contribution in [0.15, 0.2) is 12.2 Å². The molecule has 0 aromatic rings.